The third kappa shape index (κ3) is 2.90. The van der Waals surface area contributed by atoms with Crippen LogP contribution in [-0.2, 0) is 11.2 Å². The van der Waals surface area contributed by atoms with E-state index in [9.17, 15) is 4.79 Å². The number of hydrogen-bond acceptors (Lipinski definition) is 3. The second kappa shape index (κ2) is 5.82. The van der Waals surface area contributed by atoms with Crippen LogP contribution in [0.2, 0.25) is 0 Å². The molecule has 1 heterocycles. The van der Waals surface area contributed by atoms with Gasteiger partial charge in [-0.1, -0.05) is 24.3 Å². The third-order valence-electron chi connectivity index (χ3n) is 3.84. The van der Waals surface area contributed by atoms with Crippen molar-refractivity contribution in [3.63, 3.8) is 0 Å². The molecule has 4 heteroatoms. The van der Waals surface area contributed by atoms with Crippen LogP contribution in [-0.4, -0.2) is 26.0 Å². The lowest BCUT2D eigenvalue weighted by atomic mass is 10.1. The number of amides is 1. The molecule has 0 bridgehead atoms. The number of likely N-dealkylation sites (N-methyl/N-ethyl adjacent to an activating group) is 1. The lowest BCUT2D eigenvalue weighted by Crippen LogP contribution is -2.43. The Balaban J connectivity index is 1.82. The summed E-state index contributed by atoms with van der Waals surface area (Å²) in [6, 6.07) is 15.8. The number of hydrogen-bond donors (Lipinski definition) is 1. The van der Waals surface area contributed by atoms with Gasteiger partial charge in [-0.25, -0.2) is 0 Å². The molecule has 0 spiro atoms. The van der Waals surface area contributed by atoms with Crippen LogP contribution in [0.4, 0.5) is 11.4 Å². The van der Waals surface area contributed by atoms with Gasteiger partial charge in [0.15, 0.2) is 0 Å². The van der Waals surface area contributed by atoms with E-state index in [1.165, 1.54) is 0 Å². The molecule has 3 nitrogen and oxygen atoms in total. The molecular formula is C17H18N2OS. The Morgan fingerprint density at radius 3 is 2.43 bits per heavy atom. The number of para-hydroxylation sites is 2. The zero-order valence-electron chi connectivity index (χ0n) is 12.0. The minimum absolute atomic E-state index is 0.141. The van der Waals surface area contributed by atoms with Gasteiger partial charge < -0.3 is 9.80 Å². The van der Waals surface area contributed by atoms with Crippen LogP contribution in [0.25, 0.3) is 0 Å². The van der Waals surface area contributed by atoms with Gasteiger partial charge in [-0.15, -0.1) is 12.6 Å². The summed E-state index contributed by atoms with van der Waals surface area (Å²) < 4.78 is 0. The van der Waals surface area contributed by atoms with Crippen LogP contribution in [0.3, 0.4) is 0 Å². The smallest absolute Gasteiger partial charge is 0.231 e. The summed E-state index contributed by atoms with van der Waals surface area (Å²) in [4.78, 5) is 17.6. The highest BCUT2D eigenvalue weighted by atomic mass is 32.1. The van der Waals surface area contributed by atoms with E-state index in [0.717, 1.165) is 34.9 Å². The Hall–Kier alpha value is -1.94. The molecule has 0 unspecified atom stereocenters. The Bertz CT molecular complexity index is 654. The van der Waals surface area contributed by atoms with Crippen molar-refractivity contribution in [2.75, 3.05) is 29.9 Å². The van der Waals surface area contributed by atoms with Crippen LogP contribution in [0, 0.1) is 0 Å². The Morgan fingerprint density at radius 2 is 1.71 bits per heavy atom. The van der Waals surface area contributed by atoms with E-state index in [0.29, 0.717) is 6.42 Å². The highest BCUT2D eigenvalue weighted by Crippen LogP contribution is 2.32. The van der Waals surface area contributed by atoms with Crippen LogP contribution >= 0.6 is 12.6 Å². The molecule has 0 atom stereocenters. The Labute approximate surface area is 130 Å². The summed E-state index contributed by atoms with van der Waals surface area (Å²) in [5.74, 6) is 0.141. The van der Waals surface area contributed by atoms with Gasteiger partial charge in [-0.3, -0.25) is 4.79 Å². The van der Waals surface area contributed by atoms with E-state index in [4.69, 9.17) is 0 Å². The van der Waals surface area contributed by atoms with Gasteiger partial charge in [0.25, 0.3) is 0 Å². The summed E-state index contributed by atoms with van der Waals surface area (Å²) >= 11 is 4.27. The molecule has 2 aromatic carbocycles. The number of anilines is 2. The second-order valence-electron chi connectivity index (χ2n) is 5.30. The van der Waals surface area contributed by atoms with Gasteiger partial charge >= 0.3 is 0 Å². The summed E-state index contributed by atoms with van der Waals surface area (Å²) in [5, 5.41) is 0. The first-order valence-corrected chi connectivity index (χ1v) is 7.48. The quantitative estimate of drug-likeness (QED) is 0.862. The van der Waals surface area contributed by atoms with Gasteiger partial charge in [-0.2, -0.15) is 0 Å². The number of fused-ring (bicyclic) bond motifs is 1. The average molecular weight is 298 g/mol. The van der Waals surface area contributed by atoms with Crippen molar-refractivity contribution in [1.29, 1.82) is 0 Å². The molecule has 1 amide bonds. The van der Waals surface area contributed by atoms with Gasteiger partial charge in [0.05, 0.1) is 17.8 Å². The maximum Gasteiger partial charge on any atom is 0.231 e. The normalized spacial score (nSPS) is 14.0. The minimum Gasteiger partial charge on any atom is -0.371 e. The summed E-state index contributed by atoms with van der Waals surface area (Å²) in [6.07, 6.45) is 0.423. The molecule has 0 aliphatic carbocycles. The molecular weight excluding hydrogens is 280 g/mol. The van der Waals surface area contributed by atoms with E-state index in [1.54, 1.807) is 0 Å². The van der Waals surface area contributed by atoms with Crippen molar-refractivity contribution in [2.24, 2.45) is 0 Å². The topological polar surface area (TPSA) is 23.6 Å². The van der Waals surface area contributed by atoms with E-state index in [-0.39, 0.29) is 5.91 Å². The molecule has 1 aliphatic heterocycles. The third-order valence-corrected chi connectivity index (χ3v) is 4.13. The van der Waals surface area contributed by atoms with Crippen molar-refractivity contribution in [1.82, 2.24) is 0 Å². The number of benzene rings is 2. The fourth-order valence-electron chi connectivity index (χ4n) is 2.65. The van der Waals surface area contributed by atoms with Crippen LogP contribution in [0.1, 0.15) is 5.56 Å². The average Bonchev–Trinajstić information content (AvgIpc) is 2.50. The van der Waals surface area contributed by atoms with Crippen molar-refractivity contribution in [2.45, 2.75) is 11.3 Å². The van der Waals surface area contributed by atoms with Gasteiger partial charge in [0.2, 0.25) is 5.91 Å². The summed E-state index contributed by atoms with van der Waals surface area (Å²) in [7, 11) is 2.06. The number of thiol groups is 1. The molecule has 3 rings (SSSR count). The van der Waals surface area contributed by atoms with Gasteiger partial charge in [-0.05, 0) is 29.8 Å². The molecule has 0 saturated carbocycles. The maximum atomic E-state index is 12.6. The summed E-state index contributed by atoms with van der Waals surface area (Å²) in [6.45, 7) is 1.59. The van der Waals surface area contributed by atoms with Crippen LogP contribution in [0.5, 0.6) is 0 Å². The predicted octanol–water partition coefficient (Wildman–Crippen LogP) is 3.00. The van der Waals surface area contributed by atoms with Crippen molar-refractivity contribution >= 4 is 29.9 Å². The number of nitrogens with zero attached hydrogens (tertiary/aromatic N) is 2. The molecule has 2 aromatic rings. The Kier molecular flexibility index (Phi) is 3.88. The highest BCUT2D eigenvalue weighted by Gasteiger charge is 2.24. The van der Waals surface area contributed by atoms with E-state index >= 15 is 0 Å². The monoisotopic (exact) mass is 298 g/mol. The second-order valence-corrected chi connectivity index (χ2v) is 5.82. The lowest BCUT2D eigenvalue weighted by Gasteiger charge is -2.35. The van der Waals surface area contributed by atoms with Gasteiger partial charge in [0, 0.05) is 25.0 Å². The standard InChI is InChI=1S/C17H18N2OS/c1-18-10-11-19(16-5-3-2-4-15(16)18)17(20)12-13-6-8-14(21)9-7-13/h2-9,21H,10-12H2,1H3. The van der Waals surface area contributed by atoms with E-state index < -0.39 is 0 Å². The first-order chi connectivity index (χ1) is 10.1. The molecule has 0 aromatic heterocycles. The first kappa shape index (κ1) is 14.0. The maximum absolute atomic E-state index is 12.6. The van der Waals surface area contributed by atoms with Gasteiger partial charge in [0.1, 0.15) is 0 Å². The van der Waals surface area contributed by atoms with E-state index in [2.05, 4.69) is 30.6 Å². The number of carbonyl (C=O) groups excluding carboxylic acids is 1. The lowest BCUT2D eigenvalue weighted by molar-refractivity contribution is -0.118. The van der Waals surface area contributed by atoms with E-state index in [1.807, 2.05) is 47.4 Å². The molecule has 0 saturated heterocycles. The molecule has 108 valence electrons. The molecule has 21 heavy (non-hydrogen) atoms. The number of carbonyl (C=O) groups is 1. The predicted molar refractivity (Wildman–Crippen MR) is 89.5 cm³/mol. The Morgan fingerprint density at radius 1 is 1.05 bits per heavy atom. The molecule has 0 N–H and O–H groups in total. The van der Waals surface area contributed by atoms with Crippen molar-refractivity contribution in [3.05, 3.63) is 54.1 Å². The minimum atomic E-state index is 0.141. The number of rotatable bonds is 2. The molecule has 0 fully saturated rings. The SMILES string of the molecule is CN1CCN(C(=O)Cc2ccc(S)cc2)c2ccccc21. The van der Waals surface area contributed by atoms with Crippen LogP contribution < -0.4 is 9.80 Å². The van der Waals surface area contributed by atoms with Crippen molar-refractivity contribution in [3.8, 4) is 0 Å². The molecule has 1 aliphatic rings. The fourth-order valence-corrected chi connectivity index (χ4v) is 2.80. The van der Waals surface area contributed by atoms with Crippen molar-refractivity contribution < 1.29 is 4.79 Å². The zero-order chi connectivity index (χ0) is 14.8. The highest BCUT2D eigenvalue weighted by molar-refractivity contribution is 7.80. The van der Waals surface area contributed by atoms with Crippen LogP contribution in [0.15, 0.2) is 53.4 Å². The largest absolute Gasteiger partial charge is 0.371 e. The fraction of sp³-hybridized carbons (Fsp3) is 0.235. The summed E-state index contributed by atoms with van der Waals surface area (Å²) in [5.41, 5.74) is 3.14. The zero-order valence-corrected chi connectivity index (χ0v) is 12.9. The first-order valence-electron chi connectivity index (χ1n) is 7.03. The molecule has 0 radical (unpaired) electrons.